The van der Waals surface area contributed by atoms with Crippen LogP contribution in [-0.2, 0) is 20.7 Å². The largest absolute Gasteiger partial charge is 0.492 e. The van der Waals surface area contributed by atoms with Crippen molar-refractivity contribution in [3.8, 4) is 5.88 Å². The van der Waals surface area contributed by atoms with E-state index in [-0.39, 0.29) is 13.2 Å². The van der Waals surface area contributed by atoms with Crippen molar-refractivity contribution in [2.24, 2.45) is 0 Å². The zero-order chi connectivity index (χ0) is 23.4. The Morgan fingerprint density at radius 1 is 1.12 bits per heavy atom. The van der Waals surface area contributed by atoms with E-state index in [9.17, 15) is 4.79 Å². The lowest BCUT2D eigenvalue weighted by molar-refractivity contribution is 0.00578. The molecule has 1 aliphatic rings. The van der Waals surface area contributed by atoms with Gasteiger partial charge in [-0.25, -0.2) is 9.78 Å². The van der Waals surface area contributed by atoms with Gasteiger partial charge in [-0.15, -0.1) is 0 Å². The Morgan fingerprint density at radius 3 is 2.41 bits per heavy atom. The van der Waals surface area contributed by atoms with Crippen LogP contribution in [0.4, 0.5) is 10.5 Å². The highest BCUT2D eigenvalue weighted by atomic mass is 16.7. The van der Waals surface area contributed by atoms with Gasteiger partial charge in [-0.3, -0.25) is 0 Å². The first kappa shape index (κ1) is 23.6. The molecule has 1 amide bonds. The van der Waals surface area contributed by atoms with E-state index in [1.165, 1.54) is 7.11 Å². The van der Waals surface area contributed by atoms with Gasteiger partial charge in [0.2, 0.25) is 5.88 Å². The smallest absolute Gasteiger partial charge is 0.481 e. The Morgan fingerprint density at radius 2 is 1.78 bits per heavy atom. The fraction of sp³-hybridized carbons (Fsp3) is 0.391. The van der Waals surface area contributed by atoms with Crippen molar-refractivity contribution in [3.63, 3.8) is 0 Å². The molecule has 1 saturated heterocycles. The van der Waals surface area contributed by atoms with E-state index in [2.05, 4.69) is 10.3 Å². The maximum atomic E-state index is 12.3. The summed E-state index contributed by atoms with van der Waals surface area (Å²) >= 11 is 0. The van der Waals surface area contributed by atoms with E-state index in [1.54, 1.807) is 18.2 Å². The third-order valence-corrected chi connectivity index (χ3v) is 5.67. The first-order chi connectivity index (χ1) is 15.1. The van der Waals surface area contributed by atoms with Crippen molar-refractivity contribution < 1.29 is 23.6 Å². The number of pyridine rings is 1. The molecule has 1 aliphatic heterocycles. The number of alkyl carbamates (subject to hydrolysis) is 1. The molecule has 1 fully saturated rings. The summed E-state index contributed by atoms with van der Waals surface area (Å²) in [5, 5.41) is 2.76. The molecule has 0 spiro atoms. The Kier molecular flexibility index (Phi) is 7.11. The fourth-order valence-electron chi connectivity index (χ4n) is 3.02. The second kappa shape index (κ2) is 9.62. The molecule has 0 saturated carbocycles. The van der Waals surface area contributed by atoms with Crippen molar-refractivity contribution in [2.45, 2.75) is 45.5 Å². The first-order valence-electron chi connectivity index (χ1n) is 10.4. The Hall–Kier alpha value is -3.04. The first-order valence-corrected chi connectivity index (χ1v) is 10.4. The number of ether oxygens (including phenoxy) is 2. The zero-order valence-corrected chi connectivity index (χ0v) is 19.2. The van der Waals surface area contributed by atoms with E-state index in [4.69, 9.17) is 24.5 Å². The number of methoxy groups -OCH3 is 1. The highest BCUT2D eigenvalue weighted by molar-refractivity contribution is 6.56. The topological polar surface area (TPSA) is 105 Å². The van der Waals surface area contributed by atoms with E-state index >= 15 is 0 Å². The number of carbonyl (C=O) groups excluding carboxylic acids is 1. The number of nitrogens with two attached hydrogens (primary N) is 1. The summed E-state index contributed by atoms with van der Waals surface area (Å²) in [7, 11) is 0.840. The molecule has 9 heteroatoms. The average Bonchev–Trinajstić information content (AvgIpc) is 2.98. The molecule has 2 heterocycles. The lowest BCUT2D eigenvalue weighted by Crippen LogP contribution is -2.41. The number of benzene rings is 1. The van der Waals surface area contributed by atoms with E-state index in [1.807, 2.05) is 58.0 Å². The van der Waals surface area contributed by atoms with Crippen LogP contribution in [0, 0.1) is 0 Å². The molecule has 1 aromatic carbocycles. The number of nitrogens with zero attached hydrogens (tertiary/aromatic N) is 1. The number of nitrogens with one attached hydrogen (secondary N) is 1. The molecule has 32 heavy (non-hydrogen) atoms. The van der Waals surface area contributed by atoms with Gasteiger partial charge in [0.05, 0.1) is 29.7 Å². The summed E-state index contributed by atoms with van der Waals surface area (Å²) < 4.78 is 22.9. The van der Waals surface area contributed by atoms with Crippen LogP contribution in [0.15, 0.2) is 47.9 Å². The van der Waals surface area contributed by atoms with Gasteiger partial charge in [0, 0.05) is 12.6 Å². The summed E-state index contributed by atoms with van der Waals surface area (Å²) in [6.07, 6.45) is 1.19. The van der Waals surface area contributed by atoms with Crippen molar-refractivity contribution in [1.82, 2.24) is 10.3 Å². The summed E-state index contributed by atoms with van der Waals surface area (Å²) in [5.41, 5.74) is 7.53. The van der Waals surface area contributed by atoms with E-state index < -0.39 is 24.4 Å². The molecule has 2 aromatic rings. The molecule has 0 bridgehead atoms. The number of anilines is 1. The predicted molar refractivity (Wildman–Crippen MR) is 124 cm³/mol. The number of rotatable bonds is 7. The number of hydrogen-bond donors (Lipinski definition) is 2. The second-order valence-corrected chi connectivity index (χ2v) is 8.55. The predicted octanol–water partition coefficient (Wildman–Crippen LogP) is 3.61. The standard InChI is InChI=1S/C23H30BN3O5/c1-22(2)23(3,4)32-24(31-22)17(13-19-18(25)11-12-20(27-19)29-5)14-26-21(28)30-15-16-9-7-6-8-10-16/h6-13H,14-15,25H2,1-5H3,(H,26,28). The molecular weight excluding hydrogens is 409 g/mol. The molecule has 0 atom stereocenters. The third-order valence-electron chi connectivity index (χ3n) is 5.67. The zero-order valence-electron chi connectivity index (χ0n) is 19.2. The minimum atomic E-state index is -0.693. The van der Waals surface area contributed by atoms with Crippen LogP contribution < -0.4 is 15.8 Å². The van der Waals surface area contributed by atoms with Crippen LogP contribution in [0.2, 0.25) is 0 Å². The van der Waals surface area contributed by atoms with E-state index in [0.717, 1.165) is 5.56 Å². The van der Waals surface area contributed by atoms with Gasteiger partial charge < -0.3 is 29.8 Å². The number of amides is 1. The van der Waals surface area contributed by atoms with Crippen LogP contribution >= 0.6 is 0 Å². The molecule has 170 valence electrons. The minimum absolute atomic E-state index is 0.128. The maximum Gasteiger partial charge on any atom is 0.492 e. The average molecular weight is 439 g/mol. The normalized spacial score (nSPS) is 17.2. The minimum Gasteiger partial charge on any atom is -0.481 e. The number of carbonyl (C=O) groups is 1. The van der Waals surface area contributed by atoms with Gasteiger partial charge >= 0.3 is 13.2 Å². The summed E-state index contributed by atoms with van der Waals surface area (Å²) in [6.45, 7) is 8.15. The maximum absolute atomic E-state index is 12.3. The number of hydrogen-bond acceptors (Lipinski definition) is 7. The van der Waals surface area contributed by atoms with Crippen molar-refractivity contribution in [3.05, 3.63) is 59.2 Å². The van der Waals surface area contributed by atoms with Gasteiger partial charge in [-0.1, -0.05) is 30.3 Å². The molecule has 0 aliphatic carbocycles. The lowest BCUT2D eigenvalue weighted by Gasteiger charge is -2.32. The highest BCUT2D eigenvalue weighted by Crippen LogP contribution is 2.39. The van der Waals surface area contributed by atoms with Gasteiger partial charge in [-0.2, -0.15) is 0 Å². The molecule has 0 radical (unpaired) electrons. The van der Waals surface area contributed by atoms with Gasteiger partial charge in [0.1, 0.15) is 6.61 Å². The molecular formula is C23H30BN3O5. The van der Waals surface area contributed by atoms with Gasteiger partial charge in [0.15, 0.2) is 0 Å². The molecule has 3 N–H and O–H groups in total. The highest BCUT2D eigenvalue weighted by Gasteiger charge is 2.52. The Balaban J connectivity index is 1.77. The van der Waals surface area contributed by atoms with Crippen LogP contribution in [0.25, 0.3) is 6.08 Å². The van der Waals surface area contributed by atoms with Crippen molar-refractivity contribution >= 4 is 25.0 Å². The SMILES string of the molecule is COc1ccc(N)c(C=C(CNC(=O)OCc2ccccc2)B2OC(C)(C)C(C)(C)O2)n1. The fourth-order valence-corrected chi connectivity index (χ4v) is 3.02. The second-order valence-electron chi connectivity index (χ2n) is 8.55. The van der Waals surface area contributed by atoms with Crippen LogP contribution in [-0.4, -0.2) is 43.1 Å². The monoisotopic (exact) mass is 439 g/mol. The molecule has 1 aromatic heterocycles. The summed E-state index contributed by atoms with van der Waals surface area (Å²) in [5.74, 6) is 0.425. The molecule has 8 nitrogen and oxygen atoms in total. The summed E-state index contributed by atoms with van der Waals surface area (Å²) in [6, 6.07) is 12.9. The molecule has 3 rings (SSSR count). The van der Waals surface area contributed by atoms with Crippen LogP contribution in [0.5, 0.6) is 5.88 Å². The molecule has 0 unspecified atom stereocenters. The Labute approximate surface area is 189 Å². The van der Waals surface area contributed by atoms with Crippen molar-refractivity contribution in [2.75, 3.05) is 19.4 Å². The quantitative estimate of drug-likeness (QED) is 0.635. The van der Waals surface area contributed by atoms with Crippen LogP contribution in [0.3, 0.4) is 0 Å². The lowest BCUT2D eigenvalue weighted by atomic mass is 9.77. The summed E-state index contributed by atoms with van der Waals surface area (Å²) in [4.78, 5) is 16.7. The Bertz CT molecular complexity index is 963. The number of aromatic nitrogens is 1. The van der Waals surface area contributed by atoms with Crippen LogP contribution in [0.1, 0.15) is 39.0 Å². The number of nitrogen functional groups attached to an aromatic ring is 1. The van der Waals surface area contributed by atoms with E-state index in [0.29, 0.717) is 22.7 Å². The van der Waals surface area contributed by atoms with Gasteiger partial charge in [0.25, 0.3) is 0 Å². The third kappa shape index (κ3) is 5.60. The van der Waals surface area contributed by atoms with Gasteiger partial charge in [-0.05, 0) is 50.9 Å². The van der Waals surface area contributed by atoms with Crippen molar-refractivity contribution in [1.29, 1.82) is 0 Å².